The number of amides is 2. The van der Waals surface area contributed by atoms with Crippen LogP contribution in [0.4, 0.5) is 5.69 Å². The van der Waals surface area contributed by atoms with Gasteiger partial charge in [0.2, 0.25) is 18.6 Å². The lowest BCUT2D eigenvalue weighted by atomic mass is 10.1. The fraction of sp³-hybridized carbons (Fsp3) is 0.263. The number of aryl methyl sites for hydroxylation is 2. The van der Waals surface area contributed by atoms with Crippen molar-refractivity contribution in [1.82, 2.24) is 5.32 Å². The molecule has 0 saturated heterocycles. The zero-order valence-corrected chi connectivity index (χ0v) is 15.9. The minimum absolute atomic E-state index is 0.0600. The third kappa shape index (κ3) is 4.76. The van der Waals surface area contributed by atoms with Gasteiger partial charge in [-0.25, -0.2) is 0 Å². The van der Waals surface area contributed by atoms with Gasteiger partial charge in [-0.1, -0.05) is 22.0 Å². The molecule has 2 aromatic rings. The second kappa shape index (κ2) is 8.23. The van der Waals surface area contributed by atoms with Gasteiger partial charge in [0.25, 0.3) is 0 Å². The van der Waals surface area contributed by atoms with E-state index in [2.05, 4.69) is 26.6 Å². The number of hydrogen-bond acceptors (Lipinski definition) is 4. The number of anilines is 1. The highest BCUT2D eigenvalue weighted by atomic mass is 79.9. The Kier molecular flexibility index (Phi) is 5.78. The average Bonchev–Trinajstić information content (AvgIpc) is 3.08. The highest BCUT2D eigenvalue weighted by Crippen LogP contribution is 2.32. The Labute approximate surface area is 160 Å². The van der Waals surface area contributed by atoms with Crippen LogP contribution in [-0.2, 0) is 16.0 Å². The Morgan fingerprint density at radius 2 is 1.88 bits per heavy atom. The van der Waals surface area contributed by atoms with Crippen LogP contribution < -0.4 is 20.1 Å². The number of carbonyl (C=O) groups is 2. The molecule has 2 N–H and O–H groups in total. The number of nitrogens with one attached hydrogen (secondary N) is 2. The van der Waals surface area contributed by atoms with Crippen molar-refractivity contribution >= 4 is 33.4 Å². The summed E-state index contributed by atoms with van der Waals surface area (Å²) in [5.41, 5.74) is 2.66. The number of benzene rings is 2. The average molecular weight is 419 g/mol. The summed E-state index contributed by atoms with van der Waals surface area (Å²) in [5, 5.41) is 5.43. The van der Waals surface area contributed by atoms with Gasteiger partial charge in [0.1, 0.15) is 0 Å². The molecule has 7 heteroatoms. The van der Waals surface area contributed by atoms with Crippen LogP contribution in [0.1, 0.15) is 17.5 Å². The number of ether oxygens (including phenoxy) is 2. The number of hydrogen-bond donors (Lipinski definition) is 2. The first-order chi connectivity index (χ1) is 12.5. The zero-order chi connectivity index (χ0) is 18.5. The smallest absolute Gasteiger partial charge is 0.243 e. The molecule has 26 heavy (non-hydrogen) atoms. The third-order valence-corrected chi connectivity index (χ3v) is 4.48. The standard InChI is InChI=1S/C19H19BrN2O4/c1-12-8-14(20)4-5-15(12)22-19(24)10-21-18(23)7-3-13-2-6-16-17(9-13)26-11-25-16/h2,4-6,8-9H,3,7,10-11H2,1H3,(H,21,23)(H,22,24). The largest absolute Gasteiger partial charge is 0.454 e. The van der Waals surface area contributed by atoms with E-state index < -0.39 is 0 Å². The predicted octanol–water partition coefficient (Wildman–Crippen LogP) is 3.17. The van der Waals surface area contributed by atoms with Gasteiger partial charge in [-0.05, 0) is 54.8 Å². The van der Waals surface area contributed by atoms with Crippen molar-refractivity contribution in [3.8, 4) is 11.5 Å². The van der Waals surface area contributed by atoms with Crippen molar-refractivity contribution in [2.75, 3.05) is 18.7 Å². The molecule has 136 valence electrons. The zero-order valence-electron chi connectivity index (χ0n) is 14.3. The summed E-state index contributed by atoms with van der Waals surface area (Å²) >= 11 is 3.38. The van der Waals surface area contributed by atoms with Crippen molar-refractivity contribution in [3.05, 3.63) is 52.0 Å². The van der Waals surface area contributed by atoms with Crippen LogP contribution in [0.5, 0.6) is 11.5 Å². The molecule has 0 spiro atoms. The van der Waals surface area contributed by atoms with Gasteiger partial charge in [0.15, 0.2) is 11.5 Å². The minimum atomic E-state index is -0.258. The topological polar surface area (TPSA) is 76.7 Å². The van der Waals surface area contributed by atoms with Crippen molar-refractivity contribution in [1.29, 1.82) is 0 Å². The highest BCUT2D eigenvalue weighted by molar-refractivity contribution is 9.10. The summed E-state index contributed by atoms with van der Waals surface area (Å²) in [6.45, 7) is 2.08. The van der Waals surface area contributed by atoms with Gasteiger partial charge >= 0.3 is 0 Å². The van der Waals surface area contributed by atoms with E-state index in [1.807, 2.05) is 43.3 Å². The van der Waals surface area contributed by atoms with Crippen molar-refractivity contribution in [3.63, 3.8) is 0 Å². The SMILES string of the molecule is Cc1cc(Br)ccc1NC(=O)CNC(=O)CCc1ccc2c(c1)OCO2. The minimum Gasteiger partial charge on any atom is -0.454 e. The Morgan fingerprint density at radius 1 is 1.08 bits per heavy atom. The van der Waals surface area contributed by atoms with Gasteiger partial charge in [0.05, 0.1) is 6.54 Å². The van der Waals surface area contributed by atoms with Crippen LogP contribution in [0.15, 0.2) is 40.9 Å². The molecule has 0 radical (unpaired) electrons. The summed E-state index contributed by atoms with van der Waals surface area (Å²) in [5.74, 6) is 0.988. The Morgan fingerprint density at radius 3 is 2.69 bits per heavy atom. The molecule has 1 aliphatic heterocycles. The first kappa shape index (κ1) is 18.3. The fourth-order valence-electron chi connectivity index (χ4n) is 2.58. The normalized spacial score (nSPS) is 11.9. The quantitative estimate of drug-likeness (QED) is 0.754. The molecule has 2 amide bonds. The predicted molar refractivity (Wildman–Crippen MR) is 101 cm³/mol. The van der Waals surface area contributed by atoms with Gasteiger partial charge in [-0.2, -0.15) is 0 Å². The van der Waals surface area contributed by atoms with Gasteiger partial charge in [-0.3, -0.25) is 9.59 Å². The fourth-order valence-corrected chi connectivity index (χ4v) is 3.06. The molecule has 2 aromatic carbocycles. The second-order valence-corrected chi connectivity index (χ2v) is 6.89. The summed E-state index contributed by atoms with van der Waals surface area (Å²) < 4.78 is 11.5. The molecule has 0 saturated carbocycles. The second-order valence-electron chi connectivity index (χ2n) is 5.97. The molecule has 3 rings (SSSR count). The van der Waals surface area contributed by atoms with Crippen molar-refractivity contribution in [2.45, 2.75) is 19.8 Å². The number of carbonyl (C=O) groups excluding carboxylic acids is 2. The lowest BCUT2D eigenvalue weighted by Crippen LogP contribution is -2.33. The van der Waals surface area contributed by atoms with Crippen LogP contribution >= 0.6 is 15.9 Å². The molecular weight excluding hydrogens is 400 g/mol. The number of rotatable bonds is 6. The summed E-state index contributed by atoms with van der Waals surface area (Å²) in [6.07, 6.45) is 0.861. The van der Waals surface area contributed by atoms with Crippen molar-refractivity contribution in [2.24, 2.45) is 0 Å². The first-order valence-electron chi connectivity index (χ1n) is 8.22. The molecule has 0 unspecified atom stereocenters. The van der Waals surface area contributed by atoms with Gasteiger partial charge in [-0.15, -0.1) is 0 Å². The lowest BCUT2D eigenvalue weighted by molar-refractivity contribution is -0.124. The molecule has 0 bridgehead atoms. The molecule has 0 aromatic heterocycles. The number of fused-ring (bicyclic) bond motifs is 1. The van der Waals surface area contributed by atoms with E-state index in [1.54, 1.807) is 0 Å². The maximum Gasteiger partial charge on any atom is 0.243 e. The Balaban J connectivity index is 1.43. The highest BCUT2D eigenvalue weighted by Gasteiger charge is 2.14. The Bertz CT molecular complexity index is 838. The van der Waals surface area contributed by atoms with E-state index in [9.17, 15) is 9.59 Å². The summed E-state index contributed by atoms with van der Waals surface area (Å²) in [4.78, 5) is 24.0. The monoisotopic (exact) mass is 418 g/mol. The maximum absolute atomic E-state index is 12.0. The maximum atomic E-state index is 12.0. The lowest BCUT2D eigenvalue weighted by Gasteiger charge is -2.10. The first-order valence-corrected chi connectivity index (χ1v) is 9.02. The molecular formula is C19H19BrN2O4. The van der Waals surface area contributed by atoms with E-state index in [4.69, 9.17) is 9.47 Å². The van der Waals surface area contributed by atoms with Crippen molar-refractivity contribution < 1.29 is 19.1 Å². The summed E-state index contributed by atoms with van der Waals surface area (Å²) in [7, 11) is 0. The van der Waals surface area contributed by atoms with E-state index >= 15 is 0 Å². The van der Waals surface area contributed by atoms with E-state index in [0.29, 0.717) is 18.6 Å². The van der Waals surface area contributed by atoms with Crippen LogP contribution in [0, 0.1) is 6.92 Å². The van der Waals surface area contributed by atoms with Crippen LogP contribution in [0.25, 0.3) is 0 Å². The molecule has 0 atom stereocenters. The van der Waals surface area contributed by atoms with Crippen LogP contribution in [0.3, 0.4) is 0 Å². The third-order valence-electron chi connectivity index (χ3n) is 3.99. The molecule has 1 aliphatic rings. The van der Waals surface area contributed by atoms with Gasteiger partial charge < -0.3 is 20.1 Å². The number of halogens is 1. The van der Waals surface area contributed by atoms with Crippen LogP contribution in [0.2, 0.25) is 0 Å². The van der Waals surface area contributed by atoms with Gasteiger partial charge in [0, 0.05) is 16.6 Å². The van der Waals surface area contributed by atoms with E-state index in [1.165, 1.54) is 0 Å². The Hall–Kier alpha value is -2.54. The van der Waals surface area contributed by atoms with E-state index in [0.717, 1.165) is 27.0 Å². The van der Waals surface area contributed by atoms with E-state index in [-0.39, 0.29) is 25.2 Å². The van der Waals surface area contributed by atoms with Crippen LogP contribution in [-0.4, -0.2) is 25.2 Å². The molecule has 0 fully saturated rings. The summed E-state index contributed by atoms with van der Waals surface area (Å²) in [6, 6.07) is 11.2. The molecule has 6 nitrogen and oxygen atoms in total. The molecule has 1 heterocycles. The molecule has 0 aliphatic carbocycles.